The van der Waals surface area contributed by atoms with E-state index in [4.69, 9.17) is 11.0 Å². The van der Waals surface area contributed by atoms with E-state index in [0.29, 0.717) is 4.90 Å². The molecule has 0 heterocycles. The van der Waals surface area contributed by atoms with Gasteiger partial charge in [-0.25, -0.2) is 4.90 Å². The summed E-state index contributed by atoms with van der Waals surface area (Å²) < 4.78 is 0. The number of nitrogens with zero attached hydrogens (tertiary/aromatic N) is 2. The van der Waals surface area contributed by atoms with Gasteiger partial charge in [0.15, 0.2) is 6.19 Å². The Balaban J connectivity index is 4.56. The standard InChI is InChI=1S/C6H7N3O2/c1-4(6(8)11)9(3-7)5(2)10/h1H2,2H3,(H2,8,11). The van der Waals surface area contributed by atoms with Crippen LogP contribution in [0.1, 0.15) is 6.92 Å². The minimum absolute atomic E-state index is 0.319. The summed E-state index contributed by atoms with van der Waals surface area (Å²) in [7, 11) is 0. The van der Waals surface area contributed by atoms with Gasteiger partial charge in [-0.1, -0.05) is 6.58 Å². The SMILES string of the molecule is C=C(C(N)=O)N(C#N)C(C)=O. The molecule has 0 aromatic heterocycles. The summed E-state index contributed by atoms with van der Waals surface area (Å²) in [6, 6.07) is 0. The molecule has 0 rings (SSSR count). The minimum Gasteiger partial charge on any atom is -0.364 e. The fourth-order valence-corrected chi connectivity index (χ4v) is 0.431. The van der Waals surface area contributed by atoms with Crippen LogP contribution < -0.4 is 5.73 Å². The maximum atomic E-state index is 10.6. The van der Waals surface area contributed by atoms with Crippen molar-refractivity contribution >= 4 is 11.8 Å². The van der Waals surface area contributed by atoms with Crippen molar-refractivity contribution in [3.8, 4) is 6.19 Å². The topological polar surface area (TPSA) is 87.2 Å². The number of hydrogen-bond acceptors (Lipinski definition) is 3. The molecular formula is C6H7N3O2. The predicted octanol–water partition coefficient (Wildman–Crippen LogP) is -0.685. The van der Waals surface area contributed by atoms with Crippen LogP contribution in [0.2, 0.25) is 0 Å². The number of rotatable bonds is 2. The highest BCUT2D eigenvalue weighted by Gasteiger charge is 2.15. The molecule has 0 radical (unpaired) electrons. The van der Waals surface area contributed by atoms with Crippen LogP contribution in [0, 0.1) is 11.5 Å². The van der Waals surface area contributed by atoms with E-state index in [1.807, 2.05) is 0 Å². The van der Waals surface area contributed by atoms with Crippen molar-refractivity contribution in [1.29, 1.82) is 5.26 Å². The van der Waals surface area contributed by atoms with Crippen LogP contribution in [0.25, 0.3) is 0 Å². The number of hydrogen-bond donors (Lipinski definition) is 1. The van der Waals surface area contributed by atoms with Crippen molar-refractivity contribution in [2.75, 3.05) is 0 Å². The van der Waals surface area contributed by atoms with E-state index in [1.54, 1.807) is 0 Å². The zero-order valence-corrected chi connectivity index (χ0v) is 6.00. The Hall–Kier alpha value is -1.83. The second-order valence-electron chi connectivity index (χ2n) is 1.77. The van der Waals surface area contributed by atoms with E-state index in [9.17, 15) is 9.59 Å². The number of primary amides is 1. The van der Waals surface area contributed by atoms with Crippen molar-refractivity contribution < 1.29 is 9.59 Å². The fraction of sp³-hybridized carbons (Fsp3) is 0.167. The third-order valence-corrected chi connectivity index (χ3v) is 0.969. The first-order valence-electron chi connectivity index (χ1n) is 2.69. The largest absolute Gasteiger partial charge is 0.364 e. The number of nitriles is 1. The van der Waals surface area contributed by atoms with E-state index >= 15 is 0 Å². The molecule has 2 N–H and O–H groups in total. The molecule has 0 atom stereocenters. The maximum absolute atomic E-state index is 10.6. The number of carbonyl (C=O) groups excluding carboxylic acids is 2. The summed E-state index contributed by atoms with van der Waals surface area (Å²) in [6.07, 6.45) is 1.47. The van der Waals surface area contributed by atoms with Crippen molar-refractivity contribution in [2.45, 2.75) is 6.92 Å². The minimum atomic E-state index is -0.887. The second-order valence-corrected chi connectivity index (χ2v) is 1.77. The Morgan fingerprint density at radius 2 is 2.09 bits per heavy atom. The molecule has 58 valence electrons. The van der Waals surface area contributed by atoms with Crippen molar-refractivity contribution in [3.63, 3.8) is 0 Å². The fourth-order valence-electron chi connectivity index (χ4n) is 0.431. The van der Waals surface area contributed by atoms with Crippen LogP contribution in [0.15, 0.2) is 12.3 Å². The Morgan fingerprint density at radius 1 is 1.64 bits per heavy atom. The molecule has 0 bridgehead atoms. The molecule has 0 aliphatic heterocycles. The first-order chi connectivity index (χ1) is 5.00. The van der Waals surface area contributed by atoms with Crippen LogP contribution in [-0.4, -0.2) is 16.7 Å². The molecule has 0 fully saturated rings. The molecule has 5 nitrogen and oxygen atoms in total. The maximum Gasteiger partial charge on any atom is 0.265 e. The van der Waals surface area contributed by atoms with Crippen molar-refractivity contribution in [2.24, 2.45) is 5.73 Å². The molecule has 2 amide bonds. The van der Waals surface area contributed by atoms with Crippen molar-refractivity contribution in [3.05, 3.63) is 12.3 Å². The van der Waals surface area contributed by atoms with Crippen molar-refractivity contribution in [1.82, 2.24) is 4.90 Å². The van der Waals surface area contributed by atoms with Crippen LogP contribution in [-0.2, 0) is 9.59 Å². The Kier molecular flexibility index (Phi) is 2.81. The first kappa shape index (κ1) is 9.17. The lowest BCUT2D eigenvalue weighted by Crippen LogP contribution is -2.30. The van der Waals surface area contributed by atoms with Gasteiger partial charge in [0.2, 0.25) is 5.91 Å². The van der Waals surface area contributed by atoms with Gasteiger partial charge >= 0.3 is 0 Å². The zero-order chi connectivity index (χ0) is 9.02. The van der Waals surface area contributed by atoms with Crippen LogP contribution in [0.3, 0.4) is 0 Å². The summed E-state index contributed by atoms with van der Waals surface area (Å²) in [5.74, 6) is -1.47. The highest BCUT2D eigenvalue weighted by Crippen LogP contribution is 1.98. The number of amides is 2. The molecule has 0 unspecified atom stereocenters. The Bertz CT molecular complexity index is 251. The molecule has 0 saturated heterocycles. The molecule has 0 aliphatic carbocycles. The van der Waals surface area contributed by atoms with Gasteiger partial charge < -0.3 is 5.73 Å². The van der Waals surface area contributed by atoms with Gasteiger partial charge in [-0.3, -0.25) is 9.59 Å². The van der Waals surface area contributed by atoms with Crippen LogP contribution >= 0.6 is 0 Å². The van der Waals surface area contributed by atoms with Gasteiger partial charge in [-0.05, 0) is 0 Å². The van der Waals surface area contributed by atoms with E-state index in [2.05, 4.69) is 6.58 Å². The molecule has 0 aromatic rings. The molecular weight excluding hydrogens is 146 g/mol. The lowest BCUT2D eigenvalue weighted by molar-refractivity contribution is -0.127. The highest BCUT2D eigenvalue weighted by molar-refractivity contribution is 5.96. The molecule has 0 aromatic carbocycles. The number of nitrogens with two attached hydrogens (primary N) is 1. The van der Waals surface area contributed by atoms with Gasteiger partial charge in [-0.2, -0.15) is 5.26 Å². The Labute approximate surface area is 63.7 Å². The van der Waals surface area contributed by atoms with Crippen LogP contribution in [0.4, 0.5) is 0 Å². The third-order valence-electron chi connectivity index (χ3n) is 0.969. The molecule has 0 spiro atoms. The van der Waals surface area contributed by atoms with E-state index in [1.165, 1.54) is 6.19 Å². The van der Waals surface area contributed by atoms with Gasteiger partial charge in [0, 0.05) is 6.92 Å². The molecule has 11 heavy (non-hydrogen) atoms. The quantitative estimate of drug-likeness (QED) is 0.323. The summed E-state index contributed by atoms with van der Waals surface area (Å²) in [6.45, 7) is 4.29. The van der Waals surface area contributed by atoms with E-state index in [0.717, 1.165) is 6.92 Å². The summed E-state index contributed by atoms with van der Waals surface area (Å²) >= 11 is 0. The third kappa shape index (κ3) is 2.10. The van der Waals surface area contributed by atoms with Gasteiger partial charge in [-0.15, -0.1) is 0 Å². The highest BCUT2D eigenvalue weighted by atomic mass is 16.2. The second kappa shape index (κ2) is 3.37. The summed E-state index contributed by atoms with van der Waals surface area (Å²) in [5.41, 5.74) is 4.45. The summed E-state index contributed by atoms with van der Waals surface area (Å²) in [5, 5.41) is 8.30. The first-order valence-corrected chi connectivity index (χ1v) is 2.69. The monoisotopic (exact) mass is 153 g/mol. The normalized spacial score (nSPS) is 8.00. The zero-order valence-electron chi connectivity index (χ0n) is 6.00. The molecule has 0 saturated carbocycles. The van der Waals surface area contributed by atoms with Gasteiger partial charge in [0.25, 0.3) is 5.91 Å². The van der Waals surface area contributed by atoms with Gasteiger partial charge in [0.1, 0.15) is 5.70 Å². The molecule has 5 heteroatoms. The smallest absolute Gasteiger partial charge is 0.265 e. The average molecular weight is 153 g/mol. The number of carbonyl (C=O) groups is 2. The predicted molar refractivity (Wildman–Crippen MR) is 36.5 cm³/mol. The van der Waals surface area contributed by atoms with E-state index in [-0.39, 0.29) is 5.70 Å². The lowest BCUT2D eigenvalue weighted by Gasteiger charge is -2.09. The Morgan fingerprint density at radius 3 is 2.18 bits per heavy atom. The molecule has 0 aliphatic rings. The lowest BCUT2D eigenvalue weighted by atomic mass is 10.4. The van der Waals surface area contributed by atoms with E-state index < -0.39 is 11.8 Å². The average Bonchev–Trinajstić information content (AvgIpc) is 1.88. The van der Waals surface area contributed by atoms with Gasteiger partial charge in [0.05, 0.1) is 0 Å². The summed E-state index contributed by atoms with van der Waals surface area (Å²) in [4.78, 5) is 21.5. The van der Waals surface area contributed by atoms with Crippen LogP contribution in [0.5, 0.6) is 0 Å².